The molecule has 0 bridgehead atoms. The van der Waals surface area contributed by atoms with Crippen molar-refractivity contribution >= 4 is 15.9 Å². The lowest BCUT2D eigenvalue weighted by Crippen LogP contribution is -2.11. The molecule has 1 aromatic rings. The summed E-state index contributed by atoms with van der Waals surface area (Å²) >= 11 is 2.67. The Bertz CT molecular complexity index is 393. The van der Waals surface area contributed by atoms with E-state index in [1.807, 2.05) is 0 Å². The van der Waals surface area contributed by atoms with Crippen molar-refractivity contribution in [3.05, 3.63) is 27.5 Å². The summed E-state index contributed by atoms with van der Waals surface area (Å²) in [5.74, 6) is 0. The molecule has 16 heavy (non-hydrogen) atoms. The number of aliphatic hydroxyl groups is 1. The molecule has 8 heteroatoms. The highest BCUT2D eigenvalue weighted by Crippen LogP contribution is 2.35. The van der Waals surface area contributed by atoms with Crippen LogP contribution in [0.4, 0.5) is 22.0 Å². The van der Waals surface area contributed by atoms with Crippen molar-refractivity contribution in [1.82, 2.24) is 4.98 Å². The predicted octanol–water partition coefficient (Wildman–Crippen LogP) is 3.29. The standard InChI is InChI=1S/C8H5BrF5NO/c9-6-3(7(10)11)1-5(8(12,13)14)15-4(6)2-16/h1,7,16H,2H2. The van der Waals surface area contributed by atoms with Gasteiger partial charge in [0.05, 0.1) is 16.8 Å². The Hall–Kier alpha value is -0.760. The lowest BCUT2D eigenvalue weighted by atomic mass is 10.2. The van der Waals surface area contributed by atoms with Gasteiger partial charge in [-0.2, -0.15) is 13.2 Å². The van der Waals surface area contributed by atoms with E-state index >= 15 is 0 Å². The summed E-state index contributed by atoms with van der Waals surface area (Å²) < 4.78 is 61.3. The van der Waals surface area contributed by atoms with Gasteiger partial charge in [0.15, 0.2) is 0 Å². The summed E-state index contributed by atoms with van der Waals surface area (Å²) in [5, 5.41) is 8.71. The van der Waals surface area contributed by atoms with Crippen molar-refractivity contribution in [3.63, 3.8) is 0 Å². The second-order valence-electron chi connectivity index (χ2n) is 2.81. The Balaban J connectivity index is 3.40. The van der Waals surface area contributed by atoms with Crippen molar-refractivity contribution < 1.29 is 27.1 Å². The maximum absolute atomic E-state index is 12.4. The molecule has 0 aromatic carbocycles. The SMILES string of the molecule is OCc1nc(C(F)(F)F)cc(C(F)F)c1Br. The number of rotatable bonds is 2. The number of alkyl halides is 5. The fourth-order valence-electron chi connectivity index (χ4n) is 1.01. The van der Waals surface area contributed by atoms with Crippen LogP contribution in [-0.4, -0.2) is 10.1 Å². The van der Waals surface area contributed by atoms with Gasteiger partial charge in [-0.25, -0.2) is 13.8 Å². The van der Waals surface area contributed by atoms with E-state index in [1.54, 1.807) is 0 Å². The van der Waals surface area contributed by atoms with E-state index in [-0.39, 0.29) is 10.5 Å². The van der Waals surface area contributed by atoms with Gasteiger partial charge in [-0.15, -0.1) is 0 Å². The lowest BCUT2D eigenvalue weighted by Gasteiger charge is -2.12. The molecule has 0 radical (unpaired) electrons. The van der Waals surface area contributed by atoms with Crippen LogP contribution in [0.2, 0.25) is 0 Å². The molecule has 0 atom stereocenters. The summed E-state index contributed by atoms with van der Waals surface area (Å²) in [7, 11) is 0. The van der Waals surface area contributed by atoms with Gasteiger partial charge >= 0.3 is 6.18 Å². The topological polar surface area (TPSA) is 33.1 Å². The quantitative estimate of drug-likeness (QED) is 0.851. The van der Waals surface area contributed by atoms with Crippen LogP contribution < -0.4 is 0 Å². The van der Waals surface area contributed by atoms with Gasteiger partial charge in [0, 0.05) is 5.56 Å². The number of pyridine rings is 1. The minimum Gasteiger partial charge on any atom is -0.390 e. The number of hydrogen-bond acceptors (Lipinski definition) is 2. The van der Waals surface area contributed by atoms with Crippen LogP contribution in [0.1, 0.15) is 23.4 Å². The molecule has 0 aliphatic heterocycles. The van der Waals surface area contributed by atoms with Gasteiger partial charge < -0.3 is 5.11 Å². The minimum absolute atomic E-state index is 0.258. The highest BCUT2D eigenvalue weighted by molar-refractivity contribution is 9.10. The van der Waals surface area contributed by atoms with E-state index in [2.05, 4.69) is 20.9 Å². The second-order valence-corrected chi connectivity index (χ2v) is 3.61. The minimum atomic E-state index is -4.83. The third-order valence-corrected chi connectivity index (χ3v) is 2.65. The van der Waals surface area contributed by atoms with Gasteiger partial charge in [-0.1, -0.05) is 0 Å². The molecule has 0 unspecified atom stereocenters. The van der Waals surface area contributed by atoms with Crippen molar-refractivity contribution in [2.24, 2.45) is 0 Å². The molecule has 0 spiro atoms. The summed E-state index contributed by atoms with van der Waals surface area (Å²) in [6.45, 7) is -0.857. The highest BCUT2D eigenvalue weighted by atomic mass is 79.9. The Morgan fingerprint density at radius 1 is 1.38 bits per heavy atom. The monoisotopic (exact) mass is 305 g/mol. The van der Waals surface area contributed by atoms with E-state index in [0.717, 1.165) is 0 Å². The molecule has 1 aromatic heterocycles. The van der Waals surface area contributed by atoms with Crippen LogP contribution in [0.25, 0.3) is 0 Å². The van der Waals surface area contributed by atoms with E-state index < -0.39 is 36.2 Å². The van der Waals surface area contributed by atoms with Gasteiger partial charge in [0.25, 0.3) is 6.43 Å². The van der Waals surface area contributed by atoms with Crippen molar-refractivity contribution in [3.8, 4) is 0 Å². The van der Waals surface area contributed by atoms with Crippen molar-refractivity contribution in [1.29, 1.82) is 0 Å². The zero-order chi connectivity index (χ0) is 12.5. The van der Waals surface area contributed by atoms with Crippen LogP contribution >= 0.6 is 15.9 Å². The largest absolute Gasteiger partial charge is 0.433 e. The molecular formula is C8H5BrF5NO. The zero-order valence-corrected chi connectivity index (χ0v) is 9.11. The van der Waals surface area contributed by atoms with E-state index in [4.69, 9.17) is 5.11 Å². The van der Waals surface area contributed by atoms with Gasteiger partial charge in [0.1, 0.15) is 5.69 Å². The van der Waals surface area contributed by atoms with E-state index in [0.29, 0.717) is 0 Å². The molecule has 0 saturated heterocycles. The molecule has 0 amide bonds. The molecule has 1 rings (SSSR count). The number of aromatic nitrogens is 1. The summed E-state index contributed by atoms with van der Waals surface area (Å²) in [4.78, 5) is 3.05. The first-order valence-corrected chi connectivity index (χ1v) is 4.72. The predicted molar refractivity (Wildman–Crippen MR) is 47.8 cm³/mol. The Morgan fingerprint density at radius 3 is 2.31 bits per heavy atom. The number of nitrogens with zero attached hydrogens (tertiary/aromatic N) is 1. The fourth-order valence-corrected chi connectivity index (χ4v) is 1.51. The van der Waals surface area contributed by atoms with E-state index in [9.17, 15) is 22.0 Å². The molecule has 90 valence electrons. The van der Waals surface area contributed by atoms with Gasteiger partial charge in [-0.3, -0.25) is 0 Å². The zero-order valence-electron chi connectivity index (χ0n) is 7.52. The number of aliphatic hydroxyl groups excluding tert-OH is 1. The number of halogens is 6. The Morgan fingerprint density at radius 2 is 1.94 bits per heavy atom. The molecule has 0 aliphatic carbocycles. The first-order chi connectivity index (χ1) is 7.27. The van der Waals surface area contributed by atoms with Crippen LogP contribution in [0.3, 0.4) is 0 Å². The molecule has 0 aliphatic rings. The Kier molecular flexibility index (Phi) is 3.84. The third kappa shape index (κ3) is 2.67. The third-order valence-electron chi connectivity index (χ3n) is 1.73. The van der Waals surface area contributed by atoms with Crippen molar-refractivity contribution in [2.45, 2.75) is 19.2 Å². The molecule has 2 nitrogen and oxygen atoms in total. The van der Waals surface area contributed by atoms with Crippen molar-refractivity contribution in [2.75, 3.05) is 0 Å². The van der Waals surface area contributed by atoms with Crippen LogP contribution in [-0.2, 0) is 12.8 Å². The molecule has 0 saturated carbocycles. The maximum Gasteiger partial charge on any atom is 0.433 e. The first kappa shape index (κ1) is 13.3. The van der Waals surface area contributed by atoms with E-state index in [1.165, 1.54) is 0 Å². The van der Waals surface area contributed by atoms with Crippen LogP contribution in [0.5, 0.6) is 0 Å². The smallest absolute Gasteiger partial charge is 0.390 e. The van der Waals surface area contributed by atoms with Gasteiger partial charge in [0.2, 0.25) is 0 Å². The van der Waals surface area contributed by atoms with Crippen LogP contribution in [0.15, 0.2) is 10.5 Å². The second kappa shape index (κ2) is 4.62. The lowest BCUT2D eigenvalue weighted by molar-refractivity contribution is -0.141. The summed E-state index contributed by atoms with van der Waals surface area (Å²) in [5.41, 5.74) is -2.76. The first-order valence-electron chi connectivity index (χ1n) is 3.93. The summed E-state index contributed by atoms with van der Waals surface area (Å²) in [6, 6.07) is 0.258. The fraction of sp³-hybridized carbons (Fsp3) is 0.375. The molecule has 1 heterocycles. The average molecular weight is 306 g/mol. The molecule has 0 fully saturated rings. The Labute approximate surface area is 95.2 Å². The average Bonchev–Trinajstić information content (AvgIpc) is 2.15. The van der Waals surface area contributed by atoms with Crippen LogP contribution in [0, 0.1) is 0 Å². The normalized spacial score (nSPS) is 12.2. The number of hydrogen-bond donors (Lipinski definition) is 1. The summed E-state index contributed by atoms with van der Waals surface area (Å²) in [6.07, 6.45) is -7.90. The highest BCUT2D eigenvalue weighted by Gasteiger charge is 2.34. The van der Waals surface area contributed by atoms with Gasteiger partial charge in [-0.05, 0) is 22.0 Å². The molecule has 1 N–H and O–H groups in total. The maximum atomic E-state index is 12.4. The molecular weight excluding hydrogens is 301 g/mol.